The fraction of sp³-hybridized carbons (Fsp3) is 0.143. The van der Waals surface area contributed by atoms with Crippen LogP contribution in [0.4, 0.5) is 13.2 Å². The predicted octanol–water partition coefficient (Wildman–Crippen LogP) is 2.66. The molecule has 3 rings (SSSR count). The maximum absolute atomic E-state index is 12.9. The fourth-order valence-electron chi connectivity index (χ4n) is 2.37. The van der Waals surface area contributed by atoms with Crippen molar-refractivity contribution in [3.8, 4) is 11.4 Å². The van der Waals surface area contributed by atoms with Gasteiger partial charge >= 0.3 is 11.9 Å². The molecule has 0 aliphatic heterocycles. The molecule has 0 aliphatic rings. The van der Waals surface area contributed by atoms with Crippen LogP contribution in [0.1, 0.15) is 5.69 Å². The molecule has 24 heavy (non-hydrogen) atoms. The van der Waals surface area contributed by atoms with Crippen LogP contribution in [0.3, 0.4) is 0 Å². The molecule has 126 valence electrons. The zero-order valence-electron chi connectivity index (χ0n) is 11.9. The Morgan fingerprint density at radius 1 is 1.25 bits per heavy atom. The van der Waals surface area contributed by atoms with Crippen LogP contribution in [0.2, 0.25) is 5.02 Å². The molecular formula is C14H8ClF3N2O4. The number of hydrogen-bond acceptors (Lipinski definition) is 4. The summed E-state index contributed by atoms with van der Waals surface area (Å²) in [5.41, 5.74) is -4.01. The van der Waals surface area contributed by atoms with Gasteiger partial charge in [-0.3, -0.25) is 9.36 Å². The van der Waals surface area contributed by atoms with Crippen LogP contribution >= 0.6 is 11.6 Å². The van der Waals surface area contributed by atoms with Crippen LogP contribution in [0.25, 0.3) is 16.7 Å². The van der Waals surface area contributed by atoms with E-state index >= 15 is 0 Å². The molecule has 0 radical (unpaired) electrons. The van der Waals surface area contributed by atoms with E-state index in [9.17, 15) is 27.9 Å². The van der Waals surface area contributed by atoms with Gasteiger partial charge in [0.1, 0.15) is 12.0 Å². The molecular weight excluding hydrogens is 353 g/mol. The third-order valence-electron chi connectivity index (χ3n) is 3.48. The summed E-state index contributed by atoms with van der Waals surface area (Å²) in [7, 11) is 0.897. The summed E-state index contributed by atoms with van der Waals surface area (Å²) < 4.78 is 44.5. The first-order valence-electron chi connectivity index (χ1n) is 6.42. The van der Waals surface area contributed by atoms with Crippen LogP contribution < -0.4 is 11.2 Å². The molecule has 10 heteroatoms. The summed E-state index contributed by atoms with van der Waals surface area (Å²) >= 11 is 5.92. The number of nitrogens with zero attached hydrogens (tertiary/aromatic N) is 2. The van der Waals surface area contributed by atoms with Crippen LogP contribution in [0.15, 0.2) is 38.5 Å². The van der Waals surface area contributed by atoms with E-state index in [1.165, 1.54) is 12.1 Å². The molecule has 0 aliphatic carbocycles. The number of halogens is 4. The highest BCUT2D eigenvalue weighted by molar-refractivity contribution is 6.36. The molecule has 3 aromatic rings. The minimum Gasteiger partial charge on any atom is -0.504 e. The average molecular weight is 361 g/mol. The zero-order valence-corrected chi connectivity index (χ0v) is 12.6. The summed E-state index contributed by atoms with van der Waals surface area (Å²) in [5, 5.41) is 9.85. The molecule has 0 atom stereocenters. The van der Waals surface area contributed by atoms with Crippen molar-refractivity contribution in [1.29, 1.82) is 0 Å². The van der Waals surface area contributed by atoms with Gasteiger partial charge in [-0.2, -0.15) is 13.2 Å². The second-order valence-electron chi connectivity index (χ2n) is 4.93. The van der Waals surface area contributed by atoms with Gasteiger partial charge in [-0.1, -0.05) is 11.6 Å². The summed E-state index contributed by atoms with van der Waals surface area (Å²) in [4.78, 5) is 24.4. The van der Waals surface area contributed by atoms with Gasteiger partial charge < -0.3 is 9.52 Å². The summed E-state index contributed by atoms with van der Waals surface area (Å²) in [6.07, 6.45) is -3.91. The van der Waals surface area contributed by atoms with E-state index in [-0.39, 0.29) is 27.4 Å². The average Bonchev–Trinajstić information content (AvgIpc) is 2.87. The lowest BCUT2D eigenvalue weighted by Gasteiger charge is -2.14. The van der Waals surface area contributed by atoms with Crippen molar-refractivity contribution in [2.24, 2.45) is 7.05 Å². The Kier molecular flexibility index (Phi) is 3.48. The summed E-state index contributed by atoms with van der Waals surface area (Å²) in [5.74, 6) is -0.325. The quantitative estimate of drug-likeness (QED) is 0.723. The second kappa shape index (κ2) is 5.17. The highest BCUT2D eigenvalue weighted by Crippen LogP contribution is 2.36. The number of benzene rings is 1. The lowest BCUT2D eigenvalue weighted by Crippen LogP contribution is -2.40. The monoisotopic (exact) mass is 360 g/mol. The van der Waals surface area contributed by atoms with Gasteiger partial charge in [0.25, 0.3) is 5.56 Å². The first-order valence-corrected chi connectivity index (χ1v) is 6.80. The van der Waals surface area contributed by atoms with Crippen LogP contribution in [-0.4, -0.2) is 14.2 Å². The van der Waals surface area contributed by atoms with E-state index in [1.807, 2.05) is 0 Å². The Morgan fingerprint density at radius 3 is 2.54 bits per heavy atom. The molecule has 0 bridgehead atoms. The molecule has 1 N–H and O–H groups in total. The Hall–Kier alpha value is -2.68. The van der Waals surface area contributed by atoms with Crippen LogP contribution in [0, 0.1) is 0 Å². The summed E-state index contributed by atoms with van der Waals surface area (Å²) in [6, 6.07) is 2.84. The minimum atomic E-state index is -4.86. The Morgan fingerprint density at radius 2 is 1.92 bits per heavy atom. The van der Waals surface area contributed by atoms with Crippen molar-refractivity contribution in [1.82, 2.24) is 9.13 Å². The van der Waals surface area contributed by atoms with E-state index in [2.05, 4.69) is 0 Å². The van der Waals surface area contributed by atoms with Crippen LogP contribution in [0.5, 0.6) is 5.75 Å². The van der Waals surface area contributed by atoms with Crippen molar-refractivity contribution in [2.45, 2.75) is 6.18 Å². The van der Waals surface area contributed by atoms with Crippen LogP contribution in [-0.2, 0) is 13.2 Å². The molecule has 2 aromatic heterocycles. The molecule has 0 amide bonds. The standard InChI is InChI=1S/C14H8ClF3N2O4/c1-19-9(14(16,17)18)4-10(22)20(13(19)23)7-3-2-6(15)11-8(21)5-24-12(7)11/h2-5,21H,1H3. The Bertz CT molecular complexity index is 1080. The molecule has 6 nitrogen and oxygen atoms in total. The molecule has 0 unspecified atom stereocenters. The highest BCUT2D eigenvalue weighted by atomic mass is 35.5. The highest BCUT2D eigenvalue weighted by Gasteiger charge is 2.35. The molecule has 2 heterocycles. The van der Waals surface area contributed by atoms with Gasteiger partial charge in [-0.25, -0.2) is 9.36 Å². The minimum absolute atomic E-state index is 0.0445. The largest absolute Gasteiger partial charge is 0.504 e. The van der Waals surface area contributed by atoms with E-state index in [1.54, 1.807) is 0 Å². The third-order valence-corrected chi connectivity index (χ3v) is 3.80. The number of rotatable bonds is 1. The predicted molar refractivity (Wildman–Crippen MR) is 78.7 cm³/mol. The summed E-state index contributed by atoms with van der Waals surface area (Å²) in [6.45, 7) is 0. The fourth-order valence-corrected chi connectivity index (χ4v) is 2.62. The maximum atomic E-state index is 12.9. The van der Waals surface area contributed by atoms with Crippen molar-refractivity contribution >= 4 is 22.6 Å². The number of furan rings is 1. The molecule has 0 saturated carbocycles. The smallest absolute Gasteiger partial charge is 0.431 e. The van der Waals surface area contributed by atoms with Gasteiger partial charge in [0, 0.05) is 13.1 Å². The van der Waals surface area contributed by atoms with Gasteiger partial charge in [0.15, 0.2) is 11.3 Å². The Labute approximate surface area is 135 Å². The number of aromatic hydroxyl groups is 1. The lowest BCUT2D eigenvalue weighted by atomic mass is 10.2. The molecule has 0 spiro atoms. The zero-order chi connectivity index (χ0) is 17.8. The normalized spacial score (nSPS) is 12.0. The van der Waals surface area contributed by atoms with E-state index in [0.717, 1.165) is 13.3 Å². The first-order chi connectivity index (χ1) is 11.1. The maximum Gasteiger partial charge on any atom is 0.431 e. The molecule has 1 aromatic carbocycles. The van der Waals surface area contributed by atoms with Gasteiger partial charge in [0.2, 0.25) is 0 Å². The Balaban J connectivity index is 2.42. The molecule has 0 fully saturated rings. The van der Waals surface area contributed by atoms with Crippen molar-refractivity contribution < 1.29 is 22.7 Å². The first kappa shape index (κ1) is 16.2. The van der Waals surface area contributed by atoms with E-state index in [0.29, 0.717) is 15.2 Å². The number of fused-ring (bicyclic) bond motifs is 1. The second-order valence-corrected chi connectivity index (χ2v) is 5.34. The van der Waals surface area contributed by atoms with E-state index < -0.39 is 23.1 Å². The molecule has 0 saturated heterocycles. The SMILES string of the molecule is Cn1c(C(F)(F)F)cc(=O)n(-c2ccc(Cl)c3c(O)coc23)c1=O. The van der Waals surface area contributed by atoms with E-state index in [4.69, 9.17) is 16.0 Å². The number of hydrogen-bond donors (Lipinski definition) is 1. The van der Waals surface area contributed by atoms with Crippen molar-refractivity contribution in [3.05, 3.63) is 56.0 Å². The topological polar surface area (TPSA) is 77.4 Å². The third kappa shape index (κ3) is 2.28. The van der Waals surface area contributed by atoms with Gasteiger partial charge in [-0.15, -0.1) is 0 Å². The lowest BCUT2D eigenvalue weighted by molar-refractivity contribution is -0.144. The van der Waals surface area contributed by atoms with Crippen molar-refractivity contribution in [3.63, 3.8) is 0 Å². The van der Waals surface area contributed by atoms with Gasteiger partial charge in [-0.05, 0) is 12.1 Å². The van der Waals surface area contributed by atoms with Gasteiger partial charge in [0.05, 0.1) is 16.1 Å². The number of alkyl halides is 3. The number of aromatic nitrogens is 2. The van der Waals surface area contributed by atoms with Crippen molar-refractivity contribution in [2.75, 3.05) is 0 Å².